The van der Waals surface area contributed by atoms with Gasteiger partial charge in [0, 0.05) is 43.6 Å². The van der Waals surface area contributed by atoms with Crippen molar-refractivity contribution in [2.45, 2.75) is 163 Å². The molecule has 0 heterocycles. The number of carboxylic acid groups (broad SMARTS) is 1. The first kappa shape index (κ1) is 44.2. The number of fused-ring (bicyclic) bond motifs is 5. The summed E-state index contributed by atoms with van der Waals surface area (Å²) in [6.07, 6.45) is 18.7. The van der Waals surface area contributed by atoms with Crippen LogP contribution in [0.15, 0.2) is 11.6 Å². The number of hydrogen-bond acceptors (Lipinski definition) is 6. The molecule has 0 spiro atoms. The third kappa shape index (κ3) is 12.5. The second-order valence-corrected chi connectivity index (χ2v) is 21.7. The number of carbonyl (C=O) groups is 3. The number of rotatable bonds is 19. The lowest BCUT2D eigenvalue weighted by Crippen LogP contribution is -2.50. The number of ether oxygens (including phenoxy) is 1. The van der Waals surface area contributed by atoms with E-state index < -0.39 is 17.8 Å². The molecule has 0 aromatic heterocycles. The predicted octanol–water partition coefficient (Wildman–Crippen LogP) is 11.0. The Morgan fingerprint density at radius 3 is 2.40 bits per heavy atom. The number of nitrogens with zero attached hydrogens (tertiary/aromatic N) is 1. The maximum absolute atomic E-state index is 13.3. The highest BCUT2D eigenvalue weighted by Gasteiger charge is 2.59. The molecule has 8 nitrogen and oxygen atoms in total. The van der Waals surface area contributed by atoms with Crippen LogP contribution in [0.3, 0.4) is 0 Å². The molecule has 4 aliphatic carbocycles. The van der Waals surface area contributed by atoms with Crippen molar-refractivity contribution in [1.29, 1.82) is 0 Å². The molecule has 0 aromatic carbocycles. The molecular weight excluding hydrogens is 703 g/mol. The molecule has 3 N–H and O–H groups in total. The minimum atomic E-state index is -1.02. The minimum absolute atomic E-state index is 0.127. The van der Waals surface area contributed by atoms with Crippen molar-refractivity contribution >= 4 is 39.7 Å². The maximum atomic E-state index is 13.3. The molecule has 3 fully saturated rings. The number of carbonyl (C=O) groups excluding carboxylic acids is 2. The lowest BCUT2D eigenvalue weighted by Gasteiger charge is -2.58. The summed E-state index contributed by atoms with van der Waals surface area (Å²) in [5.41, 5.74) is 2.08. The molecule has 3 amide bonds. The van der Waals surface area contributed by atoms with E-state index in [1.807, 2.05) is 47.3 Å². The second kappa shape index (κ2) is 20.0. The van der Waals surface area contributed by atoms with Crippen molar-refractivity contribution in [3.05, 3.63) is 11.6 Å². The lowest BCUT2D eigenvalue weighted by molar-refractivity contribution is -0.130. The highest BCUT2D eigenvalue weighted by atomic mass is 33.1. The van der Waals surface area contributed by atoms with Crippen LogP contribution in [-0.4, -0.2) is 70.9 Å². The number of alkyl carbamates (subject to hydrolysis) is 1. The quantitative estimate of drug-likeness (QED) is 0.0681. The fourth-order valence-corrected chi connectivity index (χ4v) is 13.5. The fourth-order valence-electron chi connectivity index (χ4n) is 10.9. The van der Waals surface area contributed by atoms with Crippen molar-refractivity contribution in [2.75, 3.05) is 31.9 Å². The van der Waals surface area contributed by atoms with Gasteiger partial charge in [0.25, 0.3) is 0 Å². The van der Waals surface area contributed by atoms with Crippen LogP contribution >= 0.6 is 21.6 Å². The van der Waals surface area contributed by atoms with Crippen molar-refractivity contribution in [2.24, 2.45) is 46.3 Å². The van der Waals surface area contributed by atoms with Crippen LogP contribution in [0.2, 0.25) is 0 Å². The Morgan fingerprint density at radius 1 is 0.943 bits per heavy atom. The van der Waals surface area contributed by atoms with Crippen LogP contribution in [0.5, 0.6) is 0 Å². The molecular formula is C43H75N3O5S2. The second-order valence-electron chi connectivity index (χ2n) is 18.9. The summed E-state index contributed by atoms with van der Waals surface area (Å²) in [5, 5.41) is 14.7. The Bertz CT molecular complexity index is 1240. The molecule has 53 heavy (non-hydrogen) atoms. The van der Waals surface area contributed by atoms with E-state index >= 15 is 0 Å². The molecule has 0 aromatic rings. The van der Waals surface area contributed by atoms with Crippen molar-refractivity contribution in [3.63, 3.8) is 0 Å². The number of hydrogen-bond donors (Lipinski definition) is 3. The standard InChI is InChI=1S/C43H75N3O5S2/c1-30(2)13-11-14-31(3)35-17-18-36-34-16-15-32-29-33(19-22-42(32,7)37(34)20-23-43(35,36)8)53-52-28-21-38(47)46(26-10-9-24-44-39(48)49)27-12-25-45-40(50)51-41(4,5)6/h15,30-31,33-37,44H,9-14,16-29H2,1-8H3,(H,45,50)(H,48,49)/t31-,33+,34+,35-,36+,37+,42+,43-/m1/s1. The van der Waals surface area contributed by atoms with Gasteiger partial charge >= 0.3 is 12.2 Å². The highest BCUT2D eigenvalue weighted by Crippen LogP contribution is 2.67. The monoisotopic (exact) mass is 778 g/mol. The maximum Gasteiger partial charge on any atom is 0.407 e. The van der Waals surface area contributed by atoms with Crippen LogP contribution in [0.4, 0.5) is 9.59 Å². The Morgan fingerprint density at radius 2 is 1.68 bits per heavy atom. The van der Waals surface area contributed by atoms with Crippen LogP contribution in [-0.2, 0) is 9.53 Å². The molecule has 0 bridgehead atoms. The summed E-state index contributed by atoms with van der Waals surface area (Å²) < 4.78 is 5.33. The van der Waals surface area contributed by atoms with Crippen LogP contribution in [0, 0.1) is 46.3 Å². The smallest absolute Gasteiger partial charge is 0.407 e. The summed E-state index contributed by atoms with van der Waals surface area (Å²) in [6, 6.07) is 0. The zero-order chi connectivity index (χ0) is 38.8. The molecule has 0 aliphatic heterocycles. The van der Waals surface area contributed by atoms with Gasteiger partial charge < -0.3 is 25.4 Å². The van der Waals surface area contributed by atoms with Gasteiger partial charge in [0.2, 0.25) is 5.91 Å². The van der Waals surface area contributed by atoms with Gasteiger partial charge in [0.1, 0.15) is 5.60 Å². The fraction of sp³-hybridized carbons (Fsp3) is 0.884. The first-order chi connectivity index (χ1) is 25.0. The van der Waals surface area contributed by atoms with Gasteiger partial charge in [-0.05, 0) is 138 Å². The van der Waals surface area contributed by atoms with E-state index in [2.05, 4.69) is 51.3 Å². The van der Waals surface area contributed by atoms with E-state index in [0.29, 0.717) is 61.5 Å². The van der Waals surface area contributed by atoms with E-state index in [1.165, 1.54) is 70.6 Å². The number of unbranched alkanes of at least 4 members (excludes halogenated alkanes) is 1. The van der Waals surface area contributed by atoms with E-state index in [4.69, 9.17) is 9.84 Å². The van der Waals surface area contributed by atoms with Gasteiger partial charge in [-0.1, -0.05) is 87.1 Å². The van der Waals surface area contributed by atoms with Gasteiger partial charge in [0.05, 0.1) is 0 Å². The summed E-state index contributed by atoms with van der Waals surface area (Å²) in [7, 11) is 3.85. The van der Waals surface area contributed by atoms with Gasteiger partial charge in [0.15, 0.2) is 0 Å². The average molecular weight is 778 g/mol. The largest absolute Gasteiger partial charge is 0.465 e. The molecule has 304 valence electrons. The molecule has 8 atom stereocenters. The Hall–Kier alpha value is -1.55. The van der Waals surface area contributed by atoms with Crippen LogP contribution in [0.1, 0.15) is 152 Å². The minimum Gasteiger partial charge on any atom is -0.465 e. The van der Waals surface area contributed by atoms with Gasteiger partial charge in [-0.15, -0.1) is 0 Å². The van der Waals surface area contributed by atoms with Crippen LogP contribution < -0.4 is 10.6 Å². The molecule has 0 unspecified atom stereocenters. The Balaban J connectivity index is 1.23. The summed E-state index contributed by atoms with van der Waals surface area (Å²) in [5.74, 6) is 6.10. The van der Waals surface area contributed by atoms with E-state index in [1.54, 1.807) is 5.57 Å². The van der Waals surface area contributed by atoms with E-state index in [-0.39, 0.29) is 5.91 Å². The Labute approximate surface area is 330 Å². The number of amides is 3. The molecule has 3 saturated carbocycles. The topological polar surface area (TPSA) is 108 Å². The lowest BCUT2D eigenvalue weighted by atomic mass is 9.47. The van der Waals surface area contributed by atoms with Gasteiger partial charge in [-0.2, -0.15) is 0 Å². The SMILES string of the molecule is CC(C)CCC[C@@H](C)[C@H]1CC[C@H]2[C@@H]3CC=C4C[C@@H](SSCCC(=O)N(CCCCNC(=O)O)CCCNC(=O)OC(C)(C)C)CC[C@]4(C)[C@H]3CC[C@]12C. The Kier molecular flexibility index (Phi) is 16.7. The number of nitrogens with one attached hydrogen (secondary N) is 2. The number of allylic oxidation sites excluding steroid dienone is 2. The predicted molar refractivity (Wildman–Crippen MR) is 222 cm³/mol. The first-order valence-electron chi connectivity index (χ1n) is 21.2. The summed E-state index contributed by atoms with van der Waals surface area (Å²) in [4.78, 5) is 38.1. The molecule has 4 rings (SSSR count). The van der Waals surface area contributed by atoms with Crippen molar-refractivity contribution in [3.8, 4) is 0 Å². The third-order valence-electron chi connectivity index (χ3n) is 13.6. The highest BCUT2D eigenvalue weighted by molar-refractivity contribution is 8.76. The third-order valence-corrected chi connectivity index (χ3v) is 16.5. The first-order valence-corrected chi connectivity index (χ1v) is 23.6. The van der Waals surface area contributed by atoms with Gasteiger partial charge in [-0.3, -0.25) is 4.79 Å². The summed E-state index contributed by atoms with van der Waals surface area (Å²) >= 11 is 0. The zero-order valence-corrected chi connectivity index (χ0v) is 36.2. The zero-order valence-electron chi connectivity index (χ0n) is 34.6. The molecule has 10 heteroatoms. The average Bonchev–Trinajstić information content (AvgIpc) is 3.43. The van der Waals surface area contributed by atoms with Crippen molar-refractivity contribution in [1.82, 2.24) is 15.5 Å². The molecule has 0 radical (unpaired) electrons. The van der Waals surface area contributed by atoms with Crippen molar-refractivity contribution < 1.29 is 24.2 Å². The van der Waals surface area contributed by atoms with Crippen LogP contribution in [0.25, 0.3) is 0 Å². The van der Waals surface area contributed by atoms with E-state index in [0.717, 1.165) is 47.7 Å². The molecule has 4 aliphatic rings. The van der Waals surface area contributed by atoms with E-state index in [9.17, 15) is 14.4 Å². The summed E-state index contributed by atoms with van der Waals surface area (Å²) in [6.45, 7) is 20.1. The normalized spacial score (nSPS) is 30.1. The molecule has 0 saturated heterocycles. The van der Waals surface area contributed by atoms with Gasteiger partial charge in [-0.25, -0.2) is 9.59 Å².